The Hall–Kier alpha value is -3.31. The summed E-state index contributed by atoms with van der Waals surface area (Å²) in [6.07, 6.45) is 0.130. The van der Waals surface area contributed by atoms with Crippen LogP contribution in [0.15, 0.2) is 53.4 Å². The first-order valence-corrected chi connectivity index (χ1v) is 11.5. The Labute approximate surface area is 186 Å². The fourth-order valence-electron chi connectivity index (χ4n) is 3.43. The number of sulfonamides is 1. The molecule has 0 aromatic heterocycles. The van der Waals surface area contributed by atoms with E-state index in [1.165, 1.54) is 41.6 Å². The largest absolute Gasteiger partial charge is 0.379 e. The molecule has 1 amide bonds. The van der Waals surface area contributed by atoms with Gasteiger partial charge < -0.3 is 10.2 Å². The monoisotopic (exact) mass is 460 g/mol. The van der Waals surface area contributed by atoms with E-state index in [-0.39, 0.29) is 61.4 Å². The predicted octanol–water partition coefficient (Wildman–Crippen LogP) is 2.13. The van der Waals surface area contributed by atoms with Crippen molar-refractivity contribution in [1.29, 1.82) is 0 Å². The van der Waals surface area contributed by atoms with Gasteiger partial charge in [-0.1, -0.05) is 24.3 Å². The molecule has 1 aliphatic heterocycles. The molecule has 2 aromatic rings. The number of carbonyl (C=O) groups is 2. The average Bonchev–Trinajstić information content (AvgIpc) is 2.79. The van der Waals surface area contributed by atoms with Crippen molar-refractivity contribution in [3.8, 4) is 0 Å². The summed E-state index contributed by atoms with van der Waals surface area (Å²) < 4.78 is 27.0. The number of nitrogens with one attached hydrogen (secondary N) is 1. The molecule has 1 saturated heterocycles. The summed E-state index contributed by atoms with van der Waals surface area (Å²) in [7, 11) is -3.71. The zero-order chi connectivity index (χ0) is 23.3. The van der Waals surface area contributed by atoms with Crippen molar-refractivity contribution in [2.45, 2.75) is 18.2 Å². The number of amides is 1. The van der Waals surface area contributed by atoms with Gasteiger partial charge in [-0.25, -0.2) is 8.42 Å². The van der Waals surface area contributed by atoms with Crippen LogP contribution in [0.3, 0.4) is 0 Å². The molecule has 0 aliphatic carbocycles. The number of ketones is 1. The summed E-state index contributed by atoms with van der Waals surface area (Å²) in [5.41, 5.74) is 0.723. The fourth-order valence-corrected chi connectivity index (χ4v) is 4.86. The highest BCUT2D eigenvalue weighted by Gasteiger charge is 2.30. The standard InChI is InChI=1S/C21H24N4O6S/c1-16(26)17-6-8-18(9-7-17)32(30,31)24-14-12-23(13-15-24)21(27)10-11-22-19-4-2-3-5-20(19)25(28)29/h2-9,22H,10-15H2,1H3. The number of benzene rings is 2. The fraction of sp³-hybridized carbons (Fsp3) is 0.333. The lowest BCUT2D eigenvalue weighted by atomic mass is 10.2. The lowest BCUT2D eigenvalue weighted by molar-refractivity contribution is -0.384. The molecule has 170 valence electrons. The van der Waals surface area contributed by atoms with Gasteiger partial charge in [0.1, 0.15) is 5.69 Å². The first-order chi connectivity index (χ1) is 15.2. The summed E-state index contributed by atoms with van der Waals surface area (Å²) in [5, 5.41) is 14.0. The van der Waals surface area contributed by atoms with Crippen LogP contribution in [0, 0.1) is 10.1 Å². The summed E-state index contributed by atoms with van der Waals surface area (Å²) in [6.45, 7) is 2.49. The van der Waals surface area contributed by atoms with Gasteiger partial charge in [-0.05, 0) is 25.1 Å². The molecule has 0 spiro atoms. The van der Waals surface area contributed by atoms with Crippen molar-refractivity contribution in [2.75, 3.05) is 38.0 Å². The van der Waals surface area contributed by atoms with E-state index in [9.17, 15) is 28.1 Å². The Morgan fingerprint density at radius 3 is 2.25 bits per heavy atom. The van der Waals surface area contributed by atoms with E-state index in [1.807, 2.05) is 0 Å². The number of hydrogen-bond acceptors (Lipinski definition) is 7. The maximum Gasteiger partial charge on any atom is 0.292 e. The quantitative estimate of drug-likeness (QED) is 0.363. The predicted molar refractivity (Wildman–Crippen MR) is 118 cm³/mol. The van der Waals surface area contributed by atoms with Gasteiger partial charge in [0.2, 0.25) is 15.9 Å². The van der Waals surface area contributed by atoms with Gasteiger partial charge in [-0.3, -0.25) is 19.7 Å². The second-order valence-electron chi connectivity index (χ2n) is 7.32. The summed E-state index contributed by atoms with van der Waals surface area (Å²) in [5.74, 6) is -0.295. The second-order valence-corrected chi connectivity index (χ2v) is 9.25. The van der Waals surface area contributed by atoms with E-state index in [0.717, 1.165) is 0 Å². The Morgan fingerprint density at radius 1 is 1.03 bits per heavy atom. The molecule has 0 radical (unpaired) electrons. The normalized spacial score (nSPS) is 14.7. The third kappa shape index (κ3) is 5.29. The Morgan fingerprint density at radius 2 is 1.66 bits per heavy atom. The third-order valence-electron chi connectivity index (χ3n) is 5.25. The molecule has 0 saturated carbocycles. The molecule has 0 bridgehead atoms. The lowest BCUT2D eigenvalue weighted by Crippen LogP contribution is -2.50. The highest BCUT2D eigenvalue weighted by molar-refractivity contribution is 7.89. The van der Waals surface area contributed by atoms with E-state index in [1.54, 1.807) is 23.1 Å². The van der Waals surface area contributed by atoms with Gasteiger partial charge in [0.15, 0.2) is 5.78 Å². The highest BCUT2D eigenvalue weighted by Crippen LogP contribution is 2.23. The molecule has 0 atom stereocenters. The number of rotatable bonds is 8. The van der Waals surface area contributed by atoms with Crippen LogP contribution in [0.2, 0.25) is 0 Å². The summed E-state index contributed by atoms with van der Waals surface area (Å²) >= 11 is 0. The van der Waals surface area contributed by atoms with E-state index in [0.29, 0.717) is 11.3 Å². The molecule has 1 N–H and O–H groups in total. The van der Waals surface area contributed by atoms with Crippen molar-refractivity contribution in [2.24, 2.45) is 0 Å². The molecule has 1 fully saturated rings. The number of piperazine rings is 1. The molecular weight excluding hydrogens is 436 g/mol. The molecule has 0 unspecified atom stereocenters. The second kappa shape index (κ2) is 9.88. The topological polar surface area (TPSA) is 130 Å². The van der Waals surface area contributed by atoms with E-state index < -0.39 is 14.9 Å². The number of Topliss-reactive ketones (excluding diaryl/α,β-unsaturated/α-hetero) is 1. The van der Waals surface area contributed by atoms with Crippen LogP contribution in [0.4, 0.5) is 11.4 Å². The highest BCUT2D eigenvalue weighted by atomic mass is 32.2. The van der Waals surface area contributed by atoms with Crippen LogP contribution < -0.4 is 5.32 Å². The van der Waals surface area contributed by atoms with Gasteiger partial charge >= 0.3 is 0 Å². The molecular formula is C21H24N4O6S. The number of anilines is 1. The van der Waals surface area contributed by atoms with Gasteiger partial charge in [-0.15, -0.1) is 0 Å². The van der Waals surface area contributed by atoms with Crippen LogP contribution in [-0.4, -0.2) is 67.0 Å². The van der Waals surface area contributed by atoms with Crippen molar-refractivity contribution in [3.05, 3.63) is 64.2 Å². The SMILES string of the molecule is CC(=O)c1ccc(S(=O)(=O)N2CCN(C(=O)CCNc3ccccc3[N+](=O)[O-])CC2)cc1. The molecule has 3 rings (SSSR count). The average molecular weight is 461 g/mol. The van der Waals surface area contributed by atoms with Crippen molar-refractivity contribution in [3.63, 3.8) is 0 Å². The molecule has 32 heavy (non-hydrogen) atoms. The van der Waals surface area contributed by atoms with Crippen LogP contribution in [0.5, 0.6) is 0 Å². The summed E-state index contributed by atoms with van der Waals surface area (Å²) in [6, 6.07) is 12.0. The van der Waals surface area contributed by atoms with E-state index in [4.69, 9.17) is 0 Å². The molecule has 2 aromatic carbocycles. The molecule has 10 nitrogen and oxygen atoms in total. The Balaban J connectivity index is 1.52. The number of nitrogens with zero attached hydrogens (tertiary/aromatic N) is 3. The van der Waals surface area contributed by atoms with Crippen molar-refractivity contribution in [1.82, 2.24) is 9.21 Å². The molecule has 1 aliphatic rings. The third-order valence-corrected chi connectivity index (χ3v) is 7.16. The maximum absolute atomic E-state index is 12.8. The van der Waals surface area contributed by atoms with Crippen molar-refractivity contribution < 1.29 is 22.9 Å². The zero-order valence-electron chi connectivity index (χ0n) is 17.6. The zero-order valence-corrected chi connectivity index (χ0v) is 18.4. The van der Waals surface area contributed by atoms with Crippen LogP contribution in [-0.2, 0) is 14.8 Å². The first-order valence-electron chi connectivity index (χ1n) is 10.1. The van der Waals surface area contributed by atoms with Gasteiger partial charge in [-0.2, -0.15) is 4.31 Å². The van der Waals surface area contributed by atoms with Crippen LogP contribution in [0.25, 0.3) is 0 Å². The Bertz CT molecular complexity index is 1110. The van der Waals surface area contributed by atoms with Gasteiger partial charge in [0.25, 0.3) is 5.69 Å². The van der Waals surface area contributed by atoms with Crippen LogP contribution in [0.1, 0.15) is 23.7 Å². The number of nitro benzene ring substituents is 1. The molecule has 1 heterocycles. The van der Waals surface area contributed by atoms with Crippen molar-refractivity contribution >= 4 is 33.1 Å². The summed E-state index contributed by atoms with van der Waals surface area (Å²) in [4.78, 5) is 36.1. The number of para-hydroxylation sites is 2. The first kappa shape index (κ1) is 23.4. The van der Waals surface area contributed by atoms with Crippen LogP contribution >= 0.6 is 0 Å². The van der Waals surface area contributed by atoms with Gasteiger partial charge in [0, 0.05) is 50.8 Å². The number of nitro groups is 1. The number of hydrogen-bond donors (Lipinski definition) is 1. The minimum absolute atomic E-state index is 0.0601. The smallest absolute Gasteiger partial charge is 0.292 e. The minimum Gasteiger partial charge on any atom is -0.379 e. The van der Waals surface area contributed by atoms with Gasteiger partial charge in [0.05, 0.1) is 9.82 Å². The Kier molecular flexibility index (Phi) is 7.21. The van der Waals surface area contributed by atoms with E-state index >= 15 is 0 Å². The minimum atomic E-state index is -3.71. The van der Waals surface area contributed by atoms with E-state index in [2.05, 4.69) is 5.32 Å². The molecule has 11 heteroatoms. The number of carbonyl (C=O) groups excluding carboxylic acids is 2. The lowest BCUT2D eigenvalue weighted by Gasteiger charge is -2.34. The maximum atomic E-state index is 12.8.